The van der Waals surface area contributed by atoms with Crippen molar-refractivity contribution in [3.05, 3.63) is 159 Å². The Kier molecular flexibility index (Phi) is 6.98. The number of fused-ring (bicyclic) bond motifs is 2. The van der Waals surface area contributed by atoms with Crippen LogP contribution >= 0.6 is 0 Å². The van der Waals surface area contributed by atoms with E-state index < -0.39 is 8.07 Å². The lowest BCUT2D eigenvalue weighted by Crippen LogP contribution is -2.55. The van der Waals surface area contributed by atoms with Gasteiger partial charge in [0.1, 0.15) is 8.07 Å². The van der Waals surface area contributed by atoms with E-state index in [1.165, 1.54) is 83.1 Å². The molecule has 5 aromatic carbocycles. The molecule has 2 aliphatic carbocycles. The lowest BCUT2D eigenvalue weighted by molar-refractivity contribution is 0.980. The van der Waals surface area contributed by atoms with E-state index in [9.17, 15) is 0 Å². The molecular formula is C43H42Si. The molecule has 0 spiro atoms. The molecule has 0 amide bonds. The number of rotatable bonds is 5. The smallest absolute Gasteiger partial charge is 0.0675 e. The summed E-state index contributed by atoms with van der Waals surface area (Å²) in [5.41, 5.74) is 20.5. The Hall–Kier alpha value is -4.20. The molecule has 2 aliphatic rings. The van der Waals surface area contributed by atoms with Gasteiger partial charge in [-0.05, 0) is 108 Å². The monoisotopic (exact) mass is 586 g/mol. The lowest BCUT2D eigenvalue weighted by atomic mass is 9.92. The van der Waals surface area contributed by atoms with Gasteiger partial charge in [-0.2, -0.15) is 0 Å². The van der Waals surface area contributed by atoms with Crippen LogP contribution in [0.4, 0.5) is 0 Å². The van der Waals surface area contributed by atoms with Crippen molar-refractivity contribution >= 4 is 25.4 Å². The zero-order valence-corrected chi connectivity index (χ0v) is 28.1. The van der Waals surface area contributed by atoms with Crippen LogP contribution in [0.25, 0.3) is 34.4 Å². The first-order chi connectivity index (χ1) is 21.2. The van der Waals surface area contributed by atoms with E-state index in [1.807, 2.05) is 0 Å². The summed E-state index contributed by atoms with van der Waals surface area (Å²) in [6.07, 6.45) is 5.04. The van der Waals surface area contributed by atoms with Crippen molar-refractivity contribution in [2.45, 2.75) is 59.2 Å². The van der Waals surface area contributed by atoms with Crippen molar-refractivity contribution in [1.82, 2.24) is 0 Å². The van der Waals surface area contributed by atoms with Gasteiger partial charge in [0.2, 0.25) is 0 Å². The van der Waals surface area contributed by atoms with Crippen LogP contribution in [0, 0.1) is 27.7 Å². The van der Waals surface area contributed by atoms with Crippen LogP contribution in [0.3, 0.4) is 0 Å². The van der Waals surface area contributed by atoms with Gasteiger partial charge in [-0.15, -0.1) is 0 Å². The Morgan fingerprint density at radius 1 is 0.432 bits per heavy atom. The summed E-state index contributed by atoms with van der Waals surface area (Å²) in [6, 6.07) is 39.1. The van der Waals surface area contributed by atoms with Crippen molar-refractivity contribution in [1.29, 1.82) is 0 Å². The van der Waals surface area contributed by atoms with Gasteiger partial charge in [0.05, 0.1) is 0 Å². The molecule has 44 heavy (non-hydrogen) atoms. The zero-order chi connectivity index (χ0) is 30.7. The molecule has 0 N–H and O–H groups in total. The highest BCUT2D eigenvalue weighted by Gasteiger charge is 2.51. The quantitative estimate of drug-likeness (QED) is 0.180. The van der Waals surface area contributed by atoms with E-state index >= 15 is 0 Å². The molecule has 0 fully saturated rings. The fraction of sp³-hybridized carbons (Fsp3) is 0.209. The zero-order valence-electron chi connectivity index (χ0n) is 27.1. The largest absolute Gasteiger partial charge is 0.106 e. The first-order valence-corrected chi connectivity index (χ1v) is 18.7. The van der Waals surface area contributed by atoms with Crippen LogP contribution in [-0.2, 0) is 0 Å². The maximum absolute atomic E-state index is 2.67. The summed E-state index contributed by atoms with van der Waals surface area (Å²) in [4.78, 5) is 0. The van der Waals surface area contributed by atoms with Crippen molar-refractivity contribution in [2.24, 2.45) is 0 Å². The molecule has 7 rings (SSSR count). The number of hydrogen-bond donors (Lipinski definition) is 0. The third kappa shape index (κ3) is 4.25. The number of hydrogen-bond acceptors (Lipinski definition) is 0. The van der Waals surface area contributed by atoms with Crippen LogP contribution in [-0.4, -0.2) is 8.07 Å². The second kappa shape index (κ2) is 10.8. The highest BCUT2D eigenvalue weighted by Crippen LogP contribution is 2.54. The van der Waals surface area contributed by atoms with E-state index in [0.717, 1.165) is 0 Å². The number of aryl methyl sites for hydroxylation is 2. The maximum Gasteiger partial charge on any atom is 0.106 e. The lowest BCUT2D eigenvalue weighted by Gasteiger charge is -2.42. The van der Waals surface area contributed by atoms with Crippen LogP contribution < -0.4 is 5.19 Å². The van der Waals surface area contributed by atoms with Crippen LogP contribution in [0.5, 0.6) is 0 Å². The molecule has 0 bridgehead atoms. The summed E-state index contributed by atoms with van der Waals surface area (Å²) >= 11 is 0. The average molecular weight is 587 g/mol. The average Bonchev–Trinajstić information content (AvgIpc) is 3.56. The van der Waals surface area contributed by atoms with Crippen molar-refractivity contribution < 1.29 is 0 Å². The van der Waals surface area contributed by atoms with Gasteiger partial charge in [-0.25, -0.2) is 0 Å². The van der Waals surface area contributed by atoms with Crippen molar-refractivity contribution in [3.63, 3.8) is 0 Å². The molecule has 0 heterocycles. The third-order valence-electron chi connectivity index (χ3n) is 10.9. The highest BCUT2D eigenvalue weighted by molar-refractivity contribution is 6.94. The Bertz CT molecular complexity index is 1860. The van der Waals surface area contributed by atoms with E-state index in [2.05, 4.69) is 163 Å². The van der Waals surface area contributed by atoms with Gasteiger partial charge in [0.25, 0.3) is 0 Å². The Balaban J connectivity index is 1.45. The highest BCUT2D eigenvalue weighted by atomic mass is 28.3. The second-order valence-corrected chi connectivity index (χ2v) is 17.7. The minimum Gasteiger partial charge on any atom is -0.0675 e. The molecule has 2 atom stereocenters. The predicted octanol–water partition coefficient (Wildman–Crippen LogP) is 11.0. The molecule has 1 heteroatoms. The molecule has 5 aromatic rings. The predicted molar refractivity (Wildman–Crippen MR) is 193 cm³/mol. The van der Waals surface area contributed by atoms with Crippen molar-refractivity contribution in [3.8, 4) is 22.3 Å². The van der Waals surface area contributed by atoms with E-state index in [0.29, 0.717) is 11.1 Å². The molecule has 0 saturated heterocycles. The van der Waals surface area contributed by atoms with Crippen LogP contribution in [0.15, 0.2) is 114 Å². The second-order valence-electron chi connectivity index (χ2n) is 13.4. The van der Waals surface area contributed by atoms with Gasteiger partial charge in [-0.1, -0.05) is 138 Å². The summed E-state index contributed by atoms with van der Waals surface area (Å²) < 4.78 is 0. The molecule has 0 radical (unpaired) electrons. The van der Waals surface area contributed by atoms with Gasteiger partial charge < -0.3 is 0 Å². The minimum atomic E-state index is -2.32. The van der Waals surface area contributed by atoms with Gasteiger partial charge in [-0.3, -0.25) is 0 Å². The standard InChI is InChI=1S/C43H42Si/c1-27-15-11-19-34(31(27)5)36-21-13-23-38-40(36)25-29(3)42(38)44(7,33-17-9-8-10-18-33)43-30(4)26-41-37(22-14-24-39(41)43)35-20-12-16-28(2)32(35)6/h8-26,42-43H,1-7H3. The Labute approximate surface area is 264 Å². The summed E-state index contributed by atoms with van der Waals surface area (Å²) in [5, 5.41) is 1.53. The fourth-order valence-corrected chi connectivity index (χ4v) is 14.3. The molecule has 218 valence electrons. The first-order valence-electron chi connectivity index (χ1n) is 16.0. The third-order valence-corrected chi connectivity index (χ3v) is 16.4. The SMILES string of the molecule is CC1=Cc2c(-c3cccc(C)c3C)cccc2C1[Si](C)(c1ccccc1)C1C(C)=Cc2c(-c3cccc(C)c3C)cccc21. The van der Waals surface area contributed by atoms with Gasteiger partial charge in [0.15, 0.2) is 0 Å². The van der Waals surface area contributed by atoms with Crippen molar-refractivity contribution in [2.75, 3.05) is 0 Å². The summed E-state index contributed by atoms with van der Waals surface area (Å²) in [5.74, 6) is 0. The molecule has 2 unspecified atom stereocenters. The molecule has 0 aliphatic heterocycles. The molecule has 0 saturated carbocycles. The minimum absolute atomic E-state index is 0.383. The molecular weight excluding hydrogens is 545 g/mol. The Morgan fingerprint density at radius 2 is 0.841 bits per heavy atom. The van der Waals surface area contributed by atoms with E-state index in [-0.39, 0.29) is 0 Å². The normalized spacial score (nSPS) is 18.3. The number of benzene rings is 5. The van der Waals surface area contributed by atoms with Crippen LogP contribution in [0.2, 0.25) is 6.55 Å². The molecule has 0 aromatic heterocycles. The van der Waals surface area contributed by atoms with E-state index in [1.54, 1.807) is 0 Å². The summed E-state index contributed by atoms with van der Waals surface area (Å²) in [7, 11) is -2.32. The van der Waals surface area contributed by atoms with Gasteiger partial charge >= 0.3 is 0 Å². The first kappa shape index (κ1) is 28.6. The topological polar surface area (TPSA) is 0 Å². The number of allylic oxidation sites excluding steroid dienone is 2. The maximum atomic E-state index is 2.67. The fourth-order valence-electron chi connectivity index (χ4n) is 8.55. The molecule has 0 nitrogen and oxygen atoms in total. The van der Waals surface area contributed by atoms with Gasteiger partial charge in [0, 0.05) is 11.1 Å². The summed E-state index contributed by atoms with van der Waals surface area (Å²) in [6.45, 7) is 16.5. The van der Waals surface area contributed by atoms with Crippen LogP contribution in [0.1, 0.15) is 69.4 Å². The van der Waals surface area contributed by atoms with E-state index in [4.69, 9.17) is 0 Å². The Morgan fingerprint density at radius 3 is 1.30 bits per heavy atom.